The molecule has 0 aromatic heterocycles. The molecule has 1 saturated carbocycles. The molecule has 4 nitrogen and oxygen atoms in total. The van der Waals surface area contributed by atoms with Crippen LogP contribution in [0.4, 0.5) is 0 Å². The highest BCUT2D eigenvalue weighted by Gasteiger charge is 2.28. The molecule has 0 amide bonds. The highest BCUT2D eigenvalue weighted by molar-refractivity contribution is 5.45. The van der Waals surface area contributed by atoms with Crippen LogP contribution in [0.15, 0.2) is 18.2 Å². The van der Waals surface area contributed by atoms with E-state index in [-0.39, 0.29) is 6.04 Å². The van der Waals surface area contributed by atoms with E-state index in [1.54, 1.807) is 7.11 Å². The van der Waals surface area contributed by atoms with Gasteiger partial charge in [-0.2, -0.15) is 0 Å². The maximum Gasteiger partial charge on any atom is 0.231 e. The van der Waals surface area contributed by atoms with Gasteiger partial charge in [-0.05, 0) is 43.9 Å². The Morgan fingerprint density at radius 1 is 1.26 bits per heavy atom. The lowest BCUT2D eigenvalue weighted by molar-refractivity contribution is 0.0819. The molecular formula is C15H21NO3. The molecule has 1 aromatic carbocycles. The lowest BCUT2D eigenvalue weighted by atomic mass is 10.1. The molecule has 19 heavy (non-hydrogen) atoms. The predicted molar refractivity (Wildman–Crippen MR) is 72.6 cm³/mol. The minimum absolute atomic E-state index is 0.287. The molecule has 1 aliphatic heterocycles. The van der Waals surface area contributed by atoms with Crippen molar-refractivity contribution in [3.8, 4) is 11.5 Å². The maximum atomic E-state index is 5.53. The molecule has 0 bridgehead atoms. The van der Waals surface area contributed by atoms with Crippen LogP contribution in [0.3, 0.4) is 0 Å². The Morgan fingerprint density at radius 2 is 2.11 bits per heavy atom. The number of hydrogen-bond donors (Lipinski definition) is 1. The minimum atomic E-state index is 0.287. The summed E-state index contributed by atoms with van der Waals surface area (Å²) in [5.41, 5.74) is 1.23. The van der Waals surface area contributed by atoms with Crippen molar-refractivity contribution in [1.82, 2.24) is 5.32 Å². The molecule has 0 radical (unpaired) electrons. The van der Waals surface area contributed by atoms with Gasteiger partial charge in [-0.1, -0.05) is 6.07 Å². The zero-order valence-electron chi connectivity index (χ0n) is 11.5. The first-order chi connectivity index (χ1) is 9.28. The third-order valence-electron chi connectivity index (χ3n) is 4.12. The summed E-state index contributed by atoms with van der Waals surface area (Å²) in [5, 5.41) is 3.67. The second kappa shape index (κ2) is 5.39. The number of rotatable bonds is 4. The van der Waals surface area contributed by atoms with Gasteiger partial charge in [0, 0.05) is 19.2 Å². The third kappa shape index (κ3) is 2.55. The van der Waals surface area contributed by atoms with Crippen LogP contribution in [0.25, 0.3) is 0 Å². The average Bonchev–Trinajstić information content (AvgIpc) is 3.05. The lowest BCUT2D eigenvalue weighted by Gasteiger charge is -2.24. The summed E-state index contributed by atoms with van der Waals surface area (Å²) in [4.78, 5) is 0. The fourth-order valence-electron chi connectivity index (χ4n) is 3.00. The first kappa shape index (κ1) is 12.8. The van der Waals surface area contributed by atoms with Crippen molar-refractivity contribution in [2.45, 2.75) is 44.4 Å². The topological polar surface area (TPSA) is 39.7 Å². The van der Waals surface area contributed by atoms with E-state index in [0.717, 1.165) is 17.9 Å². The Labute approximate surface area is 114 Å². The highest BCUT2D eigenvalue weighted by Crippen LogP contribution is 2.34. The van der Waals surface area contributed by atoms with E-state index in [1.807, 2.05) is 6.07 Å². The van der Waals surface area contributed by atoms with Crippen LogP contribution in [-0.2, 0) is 4.74 Å². The van der Waals surface area contributed by atoms with Crippen LogP contribution in [-0.4, -0.2) is 26.0 Å². The van der Waals surface area contributed by atoms with E-state index < -0.39 is 0 Å². The molecule has 1 fully saturated rings. The summed E-state index contributed by atoms with van der Waals surface area (Å²) in [6.45, 7) is 2.51. The van der Waals surface area contributed by atoms with Crippen molar-refractivity contribution < 1.29 is 14.2 Å². The summed E-state index contributed by atoms with van der Waals surface area (Å²) in [5.74, 6) is 1.69. The maximum absolute atomic E-state index is 5.53. The summed E-state index contributed by atoms with van der Waals surface area (Å²) in [6.07, 6.45) is 3.93. The van der Waals surface area contributed by atoms with Crippen LogP contribution in [0.2, 0.25) is 0 Å². The predicted octanol–water partition coefficient (Wildman–Crippen LogP) is 2.63. The molecule has 2 aliphatic rings. The van der Waals surface area contributed by atoms with Gasteiger partial charge >= 0.3 is 0 Å². The van der Waals surface area contributed by atoms with E-state index in [4.69, 9.17) is 14.2 Å². The van der Waals surface area contributed by atoms with Crippen molar-refractivity contribution in [3.63, 3.8) is 0 Å². The standard InChI is InChI=1S/C15H21NO3/c1-10(16-12-4-3-5-13(12)17-2)11-6-7-14-15(8-11)19-9-18-14/h6-8,10,12-13,16H,3-5,9H2,1-2H3. The van der Waals surface area contributed by atoms with Crippen molar-refractivity contribution >= 4 is 0 Å². The Kier molecular flexibility index (Phi) is 3.62. The number of nitrogens with one attached hydrogen (secondary N) is 1. The van der Waals surface area contributed by atoms with Gasteiger partial charge in [-0.3, -0.25) is 0 Å². The highest BCUT2D eigenvalue weighted by atomic mass is 16.7. The monoisotopic (exact) mass is 263 g/mol. The SMILES string of the molecule is COC1CCCC1NC(C)c1ccc2c(c1)OCO2. The number of fused-ring (bicyclic) bond motifs is 1. The van der Waals surface area contributed by atoms with Gasteiger partial charge in [0.1, 0.15) is 0 Å². The Bertz CT molecular complexity index is 449. The number of methoxy groups -OCH3 is 1. The van der Waals surface area contributed by atoms with E-state index in [0.29, 0.717) is 18.9 Å². The van der Waals surface area contributed by atoms with Gasteiger partial charge in [0.25, 0.3) is 0 Å². The zero-order valence-corrected chi connectivity index (χ0v) is 11.5. The van der Waals surface area contributed by atoms with E-state index in [9.17, 15) is 0 Å². The molecule has 1 heterocycles. The summed E-state index contributed by atoms with van der Waals surface area (Å²) < 4.78 is 16.3. The normalized spacial score (nSPS) is 26.6. The first-order valence-corrected chi connectivity index (χ1v) is 6.96. The summed E-state index contributed by atoms with van der Waals surface area (Å²) in [7, 11) is 1.80. The van der Waals surface area contributed by atoms with Gasteiger partial charge in [-0.15, -0.1) is 0 Å². The second-order valence-corrected chi connectivity index (χ2v) is 5.31. The molecule has 0 saturated heterocycles. The molecule has 3 unspecified atom stereocenters. The zero-order chi connectivity index (χ0) is 13.2. The van der Waals surface area contributed by atoms with Crippen molar-refractivity contribution in [1.29, 1.82) is 0 Å². The van der Waals surface area contributed by atoms with Gasteiger partial charge in [-0.25, -0.2) is 0 Å². The van der Waals surface area contributed by atoms with Gasteiger partial charge in [0.15, 0.2) is 11.5 Å². The molecular weight excluding hydrogens is 242 g/mol. The number of hydrogen-bond acceptors (Lipinski definition) is 4. The molecule has 1 aliphatic carbocycles. The molecule has 0 spiro atoms. The Hall–Kier alpha value is -1.26. The Morgan fingerprint density at radius 3 is 2.95 bits per heavy atom. The smallest absolute Gasteiger partial charge is 0.231 e. The second-order valence-electron chi connectivity index (χ2n) is 5.31. The minimum Gasteiger partial charge on any atom is -0.454 e. The summed E-state index contributed by atoms with van der Waals surface area (Å²) in [6, 6.07) is 6.89. The fraction of sp³-hybridized carbons (Fsp3) is 0.600. The summed E-state index contributed by atoms with van der Waals surface area (Å²) >= 11 is 0. The van der Waals surface area contributed by atoms with Crippen LogP contribution < -0.4 is 14.8 Å². The van der Waals surface area contributed by atoms with Gasteiger partial charge in [0.2, 0.25) is 6.79 Å². The fourth-order valence-corrected chi connectivity index (χ4v) is 3.00. The first-order valence-electron chi connectivity index (χ1n) is 6.96. The van der Waals surface area contributed by atoms with E-state index in [1.165, 1.54) is 18.4 Å². The molecule has 104 valence electrons. The van der Waals surface area contributed by atoms with Crippen LogP contribution in [0, 0.1) is 0 Å². The molecule has 1 aromatic rings. The van der Waals surface area contributed by atoms with Gasteiger partial charge in [0.05, 0.1) is 6.10 Å². The molecule has 3 atom stereocenters. The van der Waals surface area contributed by atoms with Crippen molar-refractivity contribution in [2.75, 3.05) is 13.9 Å². The third-order valence-corrected chi connectivity index (χ3v) is 4.12. The van der Waals surface area contributed by atoms with E-state index in [2.05, 4.69) is 24.4 Å². The van der Waals surface area contributed by atoms with Crippen molar-refractivity contribution in [3.05, 3.63) is 23.8 Å². The quantitative estimate of drug-likeness (QED) is 0.906. The molecule has 4 heteroatoms. The van der Waals surface area contributed by atoms with E-state index >= 15 is 0 Å². The molecule has 3 rings (SSSR count). The van der Waals surface area contributed by atoms with Gasteiger partial charge < -0.3 is 19.5 Å². The lowest BCUT2D eigenvalue weighted by Crippen LogP contribution is -2.38. The van der Waals surface area contributed by atoms with Crippen molar-refractivity contribution in [2.24, 2.45) is 0 Å². The van der Waals surface area contributed by atoms with Crippen LogP contribution >= 0.6 is 0 Å². The number of benzene rings is 1. The number of ether oxygens (including phenoxy) is 3. The van der Waals surface area contributed by atoms with Crippen LogP contribution in [0.5, 0.6) is 11.5 Å². The average molecular weight is 263 g/mol. The Balaban J connectivity index is 1.68. The van der Waals surface area contributed by atoms with Crippen LogP contribution in [0.1, 0.15) is 37.8 Å². The largest absolute Gasteiger partial charge is 0.454 e. The molecule has 1 N–H and O–H groups in total.